The number of carbonyl (C=O) groups is 2. The molecule has 1 aromatic carbocycles. The summed E-state index contributed by atoms with van der Waals surface area (Å²) in [4.78, 5) is 27.7. The molecule has 0 aliphatic carbocycles. The maximum Gasteiger partial charge on any atom is 0.253 e. The fraction of sp³-hybridized carbons (Fsp3) is 0.158. The molecule has 29 heavy (non-hydrogen) atoms. The normalized spacial score (nSPS) is 17.4. The first-order chi connectivity index (χ1) is 13.9. The van der Waals surface area contributed by atoms with E-state index >= 15 is 0 Å². The molecule has 2 amide bonds. The number of carbonyl (C=O) groups excluding carboxylic acids is 2. The minimum Gasteiger partial charge on any atom is -0.274 e. The Morgan fingerprint density at radius 3 is 2.34 bits per heavy atom. The van der Waals surface area contributed by atoms with Crippen molar-refractivity contribution in [1.29, 1.82) is 0 Å². The lowest BCUT2D eigenvalue weighted by molar-refractivity contribution is -0.122. The van der Waals surface area contributed by atoms with E-state index in [4.69, 9.17) is 0 Å². The molecular formula is C19H15BrN2O4S3. The largest absolute Gasteiger partial charge is 0.274 e. The summed E-state index contributed by atoms with van der Waals surface area (Å²) < 4.78 is 28.7. The molecule has 10 heteroatoms. The van der Waals surface area contributed by atoms with Gasteiger partial charge in [0.1, 0.15) is 10.3 Å². The van der Waals surface area contributed by atoms with Gasteiger partial charge in [0.25, 0.3) is 15.9 Å². The molecule has 1 unspecified atom stereocenters. The minimum atomic E-state index is -3.93. The van der Waals surface area contributed by atoms with E-state index in [-0.39, 0.29) is 17.2 Å². The summed E-state index contributed by atoms with van der Waals surface area (Å²) >= 11 is 5.82. The van der Waals surface area contributed by atoms with Crippen molar-refractivity contribution < 1.29 is 18.0 Å². The number of rotatable bonds is 6. The lowest BCUT2D eigenvalue weighted by atomic mass is 10.2. The van der Waals surface area contributed by atoms with Gasteiger partial charge in [-0.3, -0.25) is 9.59 Å². The van der Waals surface area contributed by atoms with Crippen molar-refractivity contribution in [3.05, 3.63) is 68.6 Å². The topological polar surface area (TPSA) is 74.8 Å². The number of imide groups is 1. The van der Waals surface area contributed by atoms with Crippen molar-refractivity contribution in [1.82, 2.24) is 4.31 Å². The van der Waals surface area contributed by atoms with Crippen LogP contribution < -0.4 is 4.90 Å². The van der Waals surface area contributed by atoms with E-state index in [1.54, 1.807) is 35.7 Å². The van der Waals surface area contributed by atoms with Crippen LogP contribution in [0.3, 0.4) is 0 Å². The predicted octanol–water partition coefficient (Wildman–Crippen LogP) is 4.10. The molecule has 0 bridgehead atoms. The van der Waals surface area contributed by atoms with Crippen molar-refractivity contribution in [3.63, 3.8) is 0 Å². The molecule has 3 aromatic rings. The first kappa shape index (κ1) is 20.4. The number of benzene rings is 1. The smallest absolute Gasteiger partial charge is 0.253 e. The van der Waals surface area contributed by atoms with E-state index in [2.05, 4.69) is 15.9 Å². The van der Waals surface area contributed by atoms with Crippen molar-refractivity contribution >= 4 is 66.1 Å². The molecule has 1 aliphatic rings. The summed E-state index contributed by atoms with van der Waals surface area (Å²) in [5, 5.41) is 3.52. The lowest BCUT2D eigenvalue weighted by Gasteiger charge is -2.25. The standard InChI is InChI=1S/C19H15BrN2O4S3/c20-13-5-7-14(8-6-13)22-17(23)11-16(19(22)24)21(12-15-3-1-9-27-15)29(25,26)18-4-2-10-28-18/h1-10,16H,11-12H2. The molecule has 2 aromatic heterocycles. The van der Waals surface area contributed by atoms with Crippen LogP contribution in [0.1, 0.15) is 11.3 Å². The molecule has 4 rings (SSSR count). The molecule has 0 radical (unpaired) electrons. The molecule has 1 atom stereocenters. The van der Waals surface area contributed by atoms with Crippen LogP contribution in [0.25, 0.3) is 0 Å². The summed E-state index contributed by atoms with van der Waals surface area (Å²) in [6.07, 6.45) is -0.190. The molecule has 0 N–H and O–H groups in total. The van der Waals surface area contributed by atoms with Gasteiger partial charge >= 0.3 is 0 Å². The number of hydrogen-bond donors (Lipinski definition) is 0. The molecular weight excluding hydrogens is 496 g/mol. The van der Waals surface area contributed by atoms with E-state index in [0.717, 1.165) is 29.9 Å². The number of sulfonamides is 1. The molecule has 3 heterocycles. The van der Waals surface area contributed by atoms with E-state index < -0.39 is 27.9 Å². The van der Waals surface area contributed by atoms with Gasteiger partial charge in [-0.1, -0.05) is 28.1 Å². The van der Waals surface area contributed by atoms with E-state index in [9.17, 15) is 18.0 Å². The highest BCUT2D eigenvalue weighted by atomic mass is 79.9. The SMILES string of the molecule is O=C1CC(N(Cc2cccs2)S(=O)(=O)c2cccs2)C(=O)N1c1ccc(Br)cc1. The molecule has 0 saturated carbocycles. The van der Waals surface area contributed by atoms with Gasteiger partial charge in [0, 0.05) is 15.9 Å². The average Bonchev–Trinajstić information content (AvgIpc) is 3.43. The van der Waals surface area contributed by atoms with Gasteiger partial charge in [-0.15, -0.1) is 22.7 Å². The second kappa shape index (κ2) is 8.11. The maximum absolute atomic E-state index is 13.3. The van der Waals surface area contributed by atoms with Crippen LogP contribution in [0, 0.1) is 0 Å². The number of nitrogens with zero attached hydrogens (tertiary/aromatic N) is 2. The number of hydrogen-bond acceptors (Lipinski definition) is 6. The number of anilines is 1. The zero-order valence-corrected chi connectivity index (χ0v) is 18.9. The van der Waals surface area contributed by atoms with Gasteiger partial charge in [-0.25, -0.2) is 13.3 Å². The molecule has 1 saturated heterocycles. The Hall–Kier alpha value is -1.85. The first-order valence-electron chi connectivity index (χ1n) is 8.58. The quantitative estimate of drug-likeness (QED) is 0.468. The first-order valence-corrected chi connectivity index (χ1v) is 12.6. The van der Waals surface area contributed by atoms with Gasteiger partial charge in [0.15, 0.2) is 0 Å². The van der Waals surface area contributed by atoms with Gasteiger partial charge in [-0.2, -0.15) is 4.31 Å². The molecule has 0 spiro atoms. The van der Waals surface area contributed by atoms with Crippen LogP contribution in [0.5, 0.6) is 0 Å². The van der Waals surface area contributed by atoms with Crippen LogP contribution >= 0.6 is 38.6 Å². The monoisotopic (exact) mass is 510 g/mol. The summed E-state index contributed by atoms with van der Waals surface area (Å²) in [7, 11) is -3.93. The number of halogens is 1. The van der Waals surface area contributed by atoms with Crippen molar-refractivity contribution in [2.75, 3.05) is 4.90 Å². The van der Waals surface area contributed by atoms with Crippen LogP contribution in [0.2, 0.25) is 0 Å². The fourth-order valence-electron chi connectivity index (χ4n) is 3.15. The number of amides is 2. The van der Waals surface area contributed by atoms with Crippen molar-refractivity contribution in [3.8, 4) is 0 Å². The predicted molar refractivity (Wildman–Crippen MR) is 116 cm³/mol. The Morgan fingerprint density at radius 2 is 1.72 bits per heavy atom. The van der Waals surface area contributed by atoms with Crippen LogP contribution in [0.4, 0.5) is 5.69 Å². The third-order valence-electron chi connectivity index (χ3n) is 4.51. The van der Waals surface area contributed by atoms with Crippen LogP contribution in [-0.2, 0) is 26.2 Å². The van der Waals surface area contributed by atoms with Crippen molar-refractivity contribution in [2.45, 2.75) is 23.2 Å². The Labute approximate surface area is 184 Å². The zero-order chi connectivity index (χ0) is 20.6. The summed E-state index contributed by atoms with van der Waals surface area (Å²) in [6, 6.07) is 12.5. The van der Waals surface area contributed by atoms with Crippen molar-refractivity contribution in [2.24, 2.45) is 0 Å². The molecule has 1 aliphatic heterocycles. The average molecular weight is 511 g/mol. The highest BCUT2D eigenvalue weighted by molar-refractivity contribution is 9.10. The Bertz CT molecular complexity index is 1130. The Morgan fingerprint density at radius 1 is 1.03 bits per heavy atom. The maximum atomic E-state index is 13.3. The van der Waals surface area contributed by atoms with Gasteiger partial charge in [0.2, 0.25) is 5.91 Å². The van der Waals surface area contributed by atoms with E-state index in [1.165, 1.54) is 17.4 Å². The van der Waals surface area contributed by atoms with E-state index in [0.29, 0.717) is 5.69 Å². The summed E-state index contributed by atoms with van der Waals surface area (Å²) in [5.74, 6) is -0.950. The fourth-order valence-corrected chi connectivity index (χ4v) is 6.87. The Balaban J connectivity index is 1.72. The van der Waals surface area contributed by atoms with Crippen LogP contribution in [-0.4, -0.2) is 30.6 Å². The van der Waals surface area contributed by atoms with Gasteiger partial charge in [-0.05, 0) is 47.2 Å². The van der Waals surface area contributed by atoms with Gasteiger partial charge in [0.05, 0.1) is 12.1 Å². The van der Waals surface area contributed by atoms with E-state index in [1.807, 2.05) is 17.5 Å². The third-order valence-corrected chi connectivity index (χ3v) is 9.12. The Kier molecular flexibility index (Phi) is 5.71. The second-order valence-electron chi connectivity index (χ2n) is 6.33. The van der Waals surface area contributed by atoms with Crippen LogP contribution in [0.15, 0.2) is 68.0 Å². The lowest BCUT2D eigenvalue weighted by Crippen LogP contribution is -2.44. The summed E-state index contributed by atoms with van der Waals surface area (Å²) in [5.41, 5.74) is 0.426. The van der Waals surface area contributed by atoms with Gasteiger partial charge < -0.3 is 0 Å². The minimum absolute atomic E-state index is 0.0375. The second-order valence-corrected chi connectivity index (χ2v) is 11.3. The summed E-state index contributed by atoms with van der Waals surface area (Å²) in [6.45, 7) is 0.0375. The molecule has 6 nitrogen and oxygen atoms in total. The highest BCUT2D eigenvalue weighted by Crippen LogP contribution is 2.32. The molecule has 150 valence electrons. The molecule has 1 fully saturated rings. The third kappa shape index (κ3) is 3.95. The zero-order valence-electron chi connectivity index (χ0n) is 14.9. The number of thiophene rings is 2. The highest BCUT2D eigenvalue weighted by Gasteiger charge is 2.47.